The van der Waals surface area contributed by atoms with E-state index in [4.69, 9.17) is 5.73 Å². The van der Waals surface area contributed by atoms with Crippen LogP contribution in [0.5, 0.6) is 0 Å². The zero-order valence-corrected chi connectivity index (χ0v) is 16.5. The number of carbonyl (C=O) groups is 3. The van der Waals surface area contributed by atoms with E-state index in [1.165, 1.54) is 11.1 Å². The van der Waals surface area contributed by atoms with Crippen molar-refractivity contribution in [1.29, 1.82) is 0 Å². The average molecular weight is 383 g/mol. The van der Waals surface area contributed by atoms with Crippen LogP contribution in [0.3, 0.4) is 0 Å². The van der Waals surface area contributed by atoms with Crippen molar-refractivity contribution in [3.8, 4) is 5.69 Å². The number of nitrogens with two attached hydrogens (primary N) is 1. The molecule has 7 heteroatoms. The maximum atomic E-state index is 12.4. The van der Waals surface area contributed by atoms with Crippen molar-refractivity contribution in [3.63, 3.8) is 0 Å². The second-order valence-electron chi connectivity index (χ2n) is 6.66. The summed E-state index contributed by atoms with van der Waals surface area (Å²) in [4.78, 5) is 36.6. The summed E-state index contributed by atoms with van der Waals surface area (Å²) in [6, 6.07) is 8.25. The number of hydrogen-bond donors (Lipinski definition) is 1. The fourth-order valence-corrected chi connectivity index (χ4v) is 3.96. The normalized spacial score (nSPS) is 15.9. The molecule has 140 valence electrons. The first-order valence-corrected chi connectivity index (χ1v) is 9.31. The van der Waals surface area contributed by atoms with Gasteiger partial charge in [-0.05, 0) is 80.4 Å². The highest BCUT2D eigenvalue weighted by molar-refractivity contribution is 8.18. The number of rotatable bonds is 4. The third-order valence-electron chi connectivity index (χ3n) is 4.69. The van der Waals surface area contributed by atoms with Crippen LogP contribution >= 0.6 is 11.8 Å². The van der Waals surface area contributed by atoms with Gasteiger partial charge >= 0.3 is 0 Å². The highest BCUT2D eigenvalue weighted by Crippen LogP contribution is 2.33. The highest BCUT2D eigenvalue weighted by atomic mass is 32.2. The maximum Gasteiger partial charge on any atom is 0.294 e. The minimum atomic E-state index is -0.716. The minimum absolute atomic E-state index is 0.293. The van der Waals surface area contributed by atoms with Gasteiger partial charge in [-0.15, -0.1) is 0 Å². The van der Waals surface area contributed by atoms with E-state index in [1.807, 2.05) is 19.9 Å². The highest BCUT2D eigenvalue weighted by Gasteiger charge is 2.36. The van der Waals surface area contributed by atoms with Crippen LogP contribution in [0.25, 0.3) is 11.8 Å². The molecule has 0 atom stereocenters. The van der Waals surface area contributed by atoms with Crippen LogP contribution in [0.15, 0.2) is 29.2 Å². The summed E-state index contributed by atoms with van der Waals surface area (Å²) in [6.45, 7) is 7.72. The van der Waals surface area contributed by atoms with Crippen LogP contribution in [-0.4, -0.2) is 33.1 Å². The third kappa shape index (κ3) is 3.55. The van der Waals surface area contributed by atoms with Crippen LogP contribution < -0.4 is 5.73 Å². The monoisotopic (exact) mass is 383 g/mol. The van der Waals surface area contributed by atoms with Gasteiger partial charge in [-0.1, -0.05) is 6.07 Å². The molecule has 1 aromatic carbocycles. The van der Waals surface area contributed by atoms with Crippen LogP contribution in [0.2, 0.25) is 0 Å². The fraction of sp³-hybridized carbons (Fsp3) is 0.250. The number of amides is 3. The van der Waals surface area contributed by atoms with Crippen LogP contribution in [0.4, 0.5) is 4.79 Å². The number of thioether (sulfide) groups is 1. The molecular formula is C20H21N3O3S. The zero-order valence-electron chi connectivity index (χ0n) is 15.7. The smallest absolute Gasteiger partial charge is 0.294 e. The average Bonchev–Trinajstić information content (AvgIpc) is 3.01. The van der Waals surface area contributed by atoms with Crippen molar-refractivity contribution in [2.75, 3.05) is 6.54 Å². The first-order chi connectivity index (χ1) is 12.7. The summed E-state index contributed by atoms with van der Waals surface area (Å²) >= 11 is 0.824. The number of nitrogens with zero attached hydrogens (tertiary/aromatic N) is 2. The number of primary amides is 1. The molecule has 1 fully saturated rings. The van der Waals surface area contributed by atoms with Crippen molar-refractivity contribution in [1.82, 2.24) is 9.47 Å². The Morgan fingerprint density at radius 3 is 2.44 bits per heavy atom. The number of carbonyl (C=O) groups excluding carboxylic acids is 3. The fourth-order valence-electron chi connectivity index (χ4n) is 3.13. The van der Waals surface area contributed by atoms with Gasteiger partial charge in [-0.2, -0.15) is 0 Å². The number of aromatic nitrogens is 1. The first-order valence-electron chi connectivity index (χ1n) is 8.49. The summed E-state index contributed by atoms with van der Waals surface area (Å²) in [5, 5.41) is -0.479. The van der Waals surface area contributed by atoms with Crippen molar-refractivity contribution < 1.29 is 14.4 Å². The summed E-state index contributed by atoms with van der Waals surface area (Å²) in [6.07, 6.45) is 1.70. The first kappa shape index (κ1) is 19.0. The lowest BCUT2D eigenvalue weighted by molar-refractivity contribution is -0.127. The lowest BCUT2D eigenvalue weighted by Crippen LogP contribution is -2.36. The molecular weight excluding hydrogens is 362 g/mol. The Morgan fingerprint density at radius 2 is 1.81 bits per heavy atom. The van der Waals surface area contributed by atoms with E-state index in [0.29, 0.717) is 4.91 Å². The summed E-state index contributed by atoms with van der Waals surface area (Å²) < 4.78 is 2.12. The van der Waals surface area contributed by atoms with Crippen LogP contribution in [0.1, 0.15) is 28.1 Å². The largest absolute Gasteiger partial charge is 0.368 e. The topological polar surface area (TPSA) is 85.4 Å². The SMILES string of the molecule is Cc1ccc(-n2c(C)cc(/C=C3\SC(=O)N(CC(N)=O)C3=O)c2C)cc1C. The molecule has 2 N–H and O–H groups in total. The maximum absolute atomic E-state index is 12.4. The van der Waals surface area contributed by atoms with E-state index in [2.05, 4.69) is 36.6 Å². The Hall–Kier alpha value is -2.80. The molecule has 1 aliphatic heterocycles. The minimum Gasteiger partial charge on any atom is -0.368 e. The molecule has 0 spiro atoms. The van der Waals surface area contributed by atoms with E-state index in [9.17, 15) is 14.4 Å². The lowest BCUT2D eigenvalue weighted by Gasteiger charge is -2.12. The van der Waals surface area contributed by atoms with Crippen molar-refractivity contribution in [2.45, 2.75) is 27.7 Å². The van der Waals surface area contributed by atoms with Gasteiger partial charge in [0.2, 0.25) is 5.91 Å². The van der Waals surface area contributed by atoms with Gasteiger partial charge < -0.3 is 10.3 Å². The standard InChI is InChI=1S/C20H21N3O3S/c1-11-5-6-16(7-12(11)2)23-13(3)8-15(14(23)4)9-17-19(25)22(10-18(21)24)20(26)27-17/h5-9H,10H2,1-4H3,(H2,21,24)/b17-9-. The number of benzene rings is 1. The molecule has 0 aliphatic carbocycles. The molecule has 0 radical (unpaired) electrons. The second-order valence-corrected chi connectivity index (χ2v) is 7.66. The van der Waals surface area contributed by atoms with E-state index < -0.39 is 23.6 Å². The van der Waals surface area contributed by atoms with E-state index in [1.54, 1.807) is 6.08 Å². The number of imide groups is 1. The van der Waals surface area contributed by atoms with Gasteiger partial charge in [0.05, 0.1) is 4.91 Å². The molecule has 2 heterocycles. The van der Waals surface area contributed by atoms with E-state index >= 15 is 0 Å². The van der Waals surface area contributed by atoms with Crippen LogP contribution in [-0.2, 0) is 9.59 Å². The van der Waals surface area contributed by atoms with Crippen molar-refractivity contribution in [3.05, 3.63) is 57.2 Å². The molecule has 6 nitrogen and oxygen atoms in total. The summed E-state index contributed by atoms with van der Waals surface area (Å²) in [7, 11) is 0. The molecule has 0 bridgehead atoms. The van der Waals surface area contributed by atoms with Gasteiger partial charge in [0.1, 0.15) is 6.54 Å². The molecule has 1 aliphatic rings. The van der Waals surface area contributed by atoms with Gasteiger partial charge in [-0.3, -0.25) is 19.3 Å². The third-order valence-corrected chi connectivity index (χ3v) is 5.60. The van der Waals surface area contributed by atoms with E-state index in [-0.39, 0.29) is 0 Å². The van der Waals surface area contributed by atoms with Gasteiger partial charge in [0.15, 0.2) is 0 Å². The lowest BCUT2D eigenvalue weighted by atomic mass is 10.1. The van der Waals surface area contributed by atoms with Crippen LogP contribution in [0, 0.1) is 27.7 Å². The molecule has 3 rings (SSSR count). The Bertz CT molecular complexity index is 1000. The number of hydrogen-bond acceptors (Lipinski definition) is 4. The second kappa shape index (κ2) is 7.08. The van der Waals surface area contributed by atoms with E-state index in [0.717, 1.165) is 39.3 Å². The summed E-state index contributed by atoms with van der Waals surface area (Å²) in [5.74, 6) is -1.20. The molecule has 2 aromatic rings. The summed E-state index contributed by atoms with van der Waals surface area (Å²) in [5.41, 5.74) is 11.4. The Labute approximate surface area is 162 Å². The number of aryl methyl sites for hydroxylation is 3. The Kier molecular flexibility index (Phi) is 4.97. The quantitative estimate of drug-likeness (QED) is 0.822. The molecule has 0 saturated carbocycles. The van der Waals surface area contributed by atoms with Gasteiger partial charge in [0, 0.05) is 17.1 Å². The molecule has 3 amide bonds. The Balaban J connectivity index is 1.99. The predicted molar refractivity (Wildman–Crippen MR) is 107 cm³/mol. The predicted octanol–water partition coefficient (Wildman–Crippen LogP) is 3.23. The van der Waals surface area contributed by atoms with Crippen molar-refractivity contribution in [2.24, 2.45) is 5.73 Å². The van der Waals surface area contributed by atoms with Crippen molar-refractivity contribution >= 4 is 34.9 Å². The molecule has 0 unspecified atom stereocenters. The molecule has 1 aromatic heterocycles. The zero-order chi connectivity index (χ0) is 19.9. The molecule has 1 saturated heterocycles. The Morgan fingerprint density at radius 1 is 1.11 bits per heavy atom. The van der Waals surface area contributed by atoms with Gasteiger partial charge in [-0.25, -0.2) is 0 Å². The van der Waals surface area contributed by atoms with Gasteiger partial charge in [0.25, 0.3) is 11.1 Å². The molecule has 27 heavy (non-hydrogen) atoms.